The van der Waals surface area contributed by atoms with Crippen molar-refractivity contribution in [2.24, 2.45) is 5.73 Å². The maximum Gasteiger partial charge on any atom is 0.321 e. The molecule has 0 fully saturated rings. The van der Waals surface area contributed by atoms with E-state index in [4.69, 9.17) is 5.73 Å². The first-order chi connectivity index (χ1) is 10.1. The lowest BCUT2D eigenvalue weighted by atomic mass is 9.83. The van der Waals surface area contributed by atoms with Crippen molar-refractivity contribution in [3.8, 4) is 0 Å². The van der Waals surface area contributed by atoms with Gasteiger partial charge in [-0.2, -0.15) is 0 Å². The van der Waals surface area contributed by atoms with Gasteiger partial charge in [-0.3, -0.25) is 4.79 Å². The Morgan fingerprint density at radius 3 is 2.57 bits per heavy atom. The molecular weight excluding hydrogens is 269 g/mol. The molecule has 0 aliphatic heterocycles. The lowest BCUT2D eigenvalue weighted by Crippen LogP contribution is -2.37. The van der Waals surface area contributed by atoms with Crippen LogP contribution in [-0.4, -0.2) is 17.1 Å². The highest BCUT2D eigenvalue weighted by atomic mass is 19.1. The molecule has 2 atom stereocenters. The normalized spacial score (nSPS) is 18.3. The van der Waals surface area contributed by atoms with Gasteiger partial charge >= 0.3 is 5.97 Å². The predicted molar refractivity (Wildman–Crippen MR) is 77.7 cm³/mol. The molecule has 108 valence electrons. The Balaban J connectivity index is 2.22. The number of hydrogen-bond acceptors (Lipinski definition) is 2. The van der Waals surface area contributed by atoms with E-state index in [-0.39, 0.29) is 5.82 Å². The molecule has 1 aliphatic rings. The second-order valence-electron chi connectivity index (χ2n) is 5.38. The van der Waals surface area contributed by atoms with Crippen LogP contribution < -0.4 is 5.73 Å². The Hall–Kier alpha value is -2.20. The van der Waals surface area contributed by atoms with Crippen molar-refractivity contribution in [2.75, 3.05) is 0 Å². The molecule has 4 heteroatoms. The monoisotopic (exact) mass is 285 g/mol. The predicted octanol–water partition coefficient (Wildman–Crippen LogP) is 2.47. The van der Waals surface area contributed by atoms with Crippen LogP contribution >= 0.6 is 0 Å². The van der Waals surface area contributed by atoms with Gasteiger partial charge in [-0.25, -0.2) is 4.39 Å². The third-order valence-electron chi connectivity index (χ3n) is 4.14. The highest BCUT2D eigenvalue weighted by molar-refractivity contribution is 5.76. The molecule has 21 heavy (non-hydrogen) atoms. The third-order valence-corrected chi connectivity index (χ3v) is 4.14. The summed E-state index contributed by atoms with van der Waals surface area (Å²) in [5.74, 6) is -1.80. The highest BCUT2D eigenvalue weighted by Gasteiger charge is 2.32. The van der Waals surface area contributed by atoms with Crippen LogP contribution in [0.25, 0.3) is 0 Å². The zero-order valence-corrected chi connectivity index (χ0v) is 11.4. The molecule has 1 aliphatic carbocycles. The van der Waals surface area contributed by atoms with Gasteiger partial charge in [-0.1, -0.05) is 30.3 Å². The molecule has 3 N–H and O–H groups in total. The van der Waals surface area contributed by atoms with E-state index < -0.39 is 17.9 Å². The number of fused-ring (bicyclic) bond motifs is 2. The Bertz CT molecular complexity index is 699. The first-order valence-corrected chi connectivity index (χ1v) is 6.92. The largest absolute Gasteiger partial charge is 0.480 e. The molecule has 0 saturated carbocycles. The fraction of sp³-hybridized carbons (Fsp3) is 0.235. The summed E-state index contributed by atoms with van der Waals surface area (Å²) < 4.78 is 13.5. The second kappa shape index (κ2) is 5.30. The Kier molecular flexibility index (Phi) is 3.47. The average molecular weight is 285 g/mol. The fourth-order valence-electron chi connectivity index (χ4n) is 3.13. The maximum absolute atomic E-state index is 13.5. The fourth-order valence-corrected chi connectivity index (χ4v) is 3.13. The summed E-state index contributed by atoms with van der Waals surface area (Å²) in [6.45, 7) is 0. The molecule has 0 aromatic heterocycles. The Labute approximate surface area is 122 Å². The van der Waals surface area contributed by atoms with Crippen molar-refractivity contribution in [1.29, 1.82) is 0 Å². The van der Waals surface area contributed by atoms with E-state index in [1.807, 2.05) is 24.3 Å². The van der Waals surface area contributed by atoms with E-state index in [2.05, 4.69) is 0 Å². The molecule has 0 radical (unpaired) electrons. The van der Waals surface area contributed by atoms with E-state index in [1.165, 1.54) is 12.1 Å². The SMILES string of the molecule is NC(C(=O)O)C1c2ccccc2CCc2cc(F)ccc21. The van der Waals surface area contributed by atoms with Gasteiger partial charge in [0, 0.05) is 5.92 Å². The minimum Gasteiger partial charge on any atom is -0.480 e. The number of carboxylic acids is 1. The Morgan fingerprint density at radius 2 is 1.81 bits per heavy atom. The molecule has 3 rings (SSSR count). The molecule has 3 nitrogen and oxygen atoms in total. The molecule has 0 bridgehead atoms. The van der Waals surface area contributed by atoms with E-state index in [9.17, 15) is 14.3 Å². The van der Waals surface area contributed by atoms with Gasteiger partial charge in [0.25, 0.3) is 0 Å². The van der Waals surface area contributed by atoms with Crippen LogP contribution in [0.5, 0.6) is 0 Å². The number of aryl methyl sites for hydroxylation is 2. The van der Waals surface area contributed by atoms with Gasteiger partial charge in [-0.05, 0) is 47.2 Å². The summed E-state index contributed by atoms with van der Waals surface area (Å²) >= 11 is 0. The quantitative estimate of drug-likeness (QED) is 0.891. The smallest absolute Gasteiger partial charge is 0.321 e. The first kappa shape index (κ1) is 13.8. The Morgan fingerprint density at radius 1 is 1.14 bits per heavy atom. The number of aliphatic carboxylic acids is 1. The van der Waals surface area contributed by atoms with Crippen LogP contribution in [0.15, 0.2) is 42.5 Å². The lowest BCUT2D eigenvalue weighted by Gasteiger charge is -2.23. The van der Waals surface area contributed by atoms with Crippen molar-refractivity contribution < 1.29 is 14.3 Å². The van der Waals surface area contributed by atoms with E-state index in [1.54, 1.807) is 6.07 Å². The molecule has 2 unspecified atom stereocenters. The summed E-state index contributed by atoms with van der Waals surface area (Å²) in [5, 5.41) is 9.33. The van der Waals surface area contributed by atoms with Gasteiger partial charge in [0.05, 0.1) is 0 Å². The lowest BCUT2D eigenvalue weighted by molar-refractivity contribution is -0.138. The van der Waals surface area contributed by atoms with Gasteiger partial charge in [0.1, 0.15) is 11.9 Å². The van der Waals surface area contributed by atoms with Crippen LogP contribution in [-0.2, 0) is 17.6 Å². The molecular formula is C17H16FNO2. The molecule has 0 saturated heterocycles. The summed E-state index contributed by atoms with van der Waals surface area (Å²) in [6, 6.07) is 11.2. The summed E-state index contributed by atoms with van der Waals surface area (Å²) in [4.78, 5) is 11.4. The standard InChI is InChI=1S/C17H16FNO2/c18-12-7-8-14-11(9-12)6-5-10-3-1-2-4-13(10)15(14)16(19)17(20)21/h1-4,7-9,15-16H,5-6,19H2,(H,20,21). The van der Waals surface area contributed by atoms with Gasteiger partial charge in [-0.15, -0.1) is 0 Å². The van der Waals surface area contributed by atoms with Crippen molar-refractivity contribution in [1.82, 2.24) is 0 Å². The van der Waals surface area contributed by atoms with Crippen LogP contribution in [0.2, 0.25) is 0 Å². The first-order valence-electron chi connectivity index (χ1n) is 6.92. The van der Waals surface area contributed by atoms with Crippen molar-refractivity contribution in [3.63, 3.8) is 0 Å². The molecule has 0 spiro atoms. The van der Waals surface area contributed by atoms with E-state index >= 15 is 0 Å². The maximum atomic E-state index is 13.5. The summed E-state index contributed by atoms with van der Waals surface area (Å²) in [6.07, 6.45) is 1.45. The topological polar surface area (TPSA) is 63.3 Å². The zero-order chi connectivity index (χ0) is 15.0. The van der Waals surface area contributed by atoms with Crippen LogP contribution in [0.3, 0.4) is 0 Å². The number of nitrogens with two attached hydrogens (primary N) is 1. The number of carbonyl (C=O) groups is 1. The molecule has 2 aromatic carbocycles. The average Bonchev–Trinajstić information content (AvgIpc) is 2.63. The molecule has 2 aromatic rings. The zero-order valence-electron chi connectivity index (χ0n) is 11.4. The van der Waals surface area contributed by atoms with Gasteiger partial charge < -0.3 is 10.8 Å². The minimum absolute atomic E-state index is 0.303. The van der Waals surface area contributed by atoms with Crippen molar-refractivity contribution >= 4 is 5.97 Å². The number of halogens is 1. The summed E-state index contributed by atoms with van der Waals surface area (Å²) in [5.41, 5.74) is 9.60. The van der Waals surface area contributed by atoms with E-state index in [0.29, 0.717) is 6.42 Å². The van der Waals surface area contributed by atoms with Crippen molar-refractivity contribution in [2.45, 2.75) is 24.8 Å². The number of benzene rings is 2. The van der Waals surface area contributed by atoms with E-state index in [0.717, 1.165) is 28.7 Å². The van der Waals surface area contributed by atoms with Gasteiger partial charge in [0.2, 0.25) is 0 Å². The second-order valence-corrected chi connectivity index (χ2v) is 5.38. The number of carboxylic acid groups (broad SMARTS) is 1. The van der Waals surface area contributed by atoms with Gasteiger partial charge in [0.15, 0.2) is 0 Å². The number of hydrogen-bond donors (Lipinski definition) is 2. The highest BCUT2D eigenvalue weighted by Crippen LogP contribution is 2.36. The number of rotatable bonds is 2. The summed E-state index contributed by atoms with van der Waals surface area (Å²) in [7, 11) is 0. The molecule has 0 amide bonds. The minimum atomic E-state index is -1.05. The van der Waals surface area contributed by atoms with Crippen molar-refractivity contribution in [3.05, 3.63) is 70.5 Å². The van der Waals surface area contributed by atoms with Crippen LogP contribution in [0.1, 0.15) is 28.2 Å². The van der Waals surface area contributed by atoms with Crippen LogP contribution in [0, 0.1) is 5.82 Å². The third kappa shape index (κ3) is 2.43. The molecule has 0 heterocycles. The van der Waals surface area contributed by atoms with Crippen LogP contribution in [0.4, 0.5) is 4.39 Å².